The Labute approximate surface area is 96.4 Å². The summed E-state index contributed by atoms with van der Waals surface area (Å²) in [5.74, 6) is 0.127. The molecule has 1 fully saturated rings. The molecule has 1 atom stereocenters. The van der Waals surface area contributed by atoms with Gasteiger partial charge in [-0.25, -0.2) is 8.42 Å². The van der Waals surface area contributed by atoms with Crippen LogP contribution in [-0.4, -0.2) is 62.5 Å². The zero-order chi connectivity index (χ0) is 12.0. The van der Waals surface area contributed by atoms with Gasteiger partial charge < -0.3 is 15.6 Å². The molecular formula is C9H20N2O4S. The third-order valence-electron chi connectivity index (χ3n) is 2.55. The van der Waals surface area contributed by atoms with E-state index in [4.69, 9.17) is 15.6 Å². The lowest BCUT2D eigenvalue weighted by atomic mass is 10.3. The van der Waals surface area contributed by atoms with E-state index in [0.717, 1.165) is 0 Å². The summed E-state index contributed by atoms with van der Waals surface area (Å²) < 4.78 is 30.3. The van der Waals surface area contributed by atoms with Crippen molar-refractivity contribution in [2.75, 3.05) is 38.6 Å². The zero-order valence-corrected chi connectivity index (χ0v) is 10.2. The fourth-order valence-corrected chi connectivity index (χ4v) is 3.19. The SMILES string of the molecule is NCCCCS(=O)(=O)N1CCOC(CO)C1. The molecule has 6 nitrogen and oxygen atoms in total. The van der Waals surface area contributed by atoms with Gasteiger partial charge in [0.15, 0.2) is 0 Å². The van der Waals surface area contributed by atoms with Crippen molar-refractivity contribution in [3.8, 4) is 0 Å². The highest BCUT2D eigenvalue weighted by Gasteiger charge is 2.28. The van der Waals surface area contributed by atoms with Gasteiger partial charge in [0.1, 0.15) is 0 Å². The maximum Gasteiger partial charge on any atom is 0.214 e. The van der Waals surface area contributed by atoms with Crippen molar-refractivity contribution in [2.24, 2.45) is 5.73 Å². The van der Waals surface area contributed by atoms with Crippen molar-refractivity contribution in [2.45, 2.75) is 18.9 Å². The van der Waals surface area contributed by atoms with Crippen molar-refractivity contribution in [3.63, 3.8) is 0 Å². The Balaban J connectivity index is 2.47. The van der Waals surface area contributed by atoms with Gasteiger partial charge in [-0.2, -0.15) is 4.31 Å². The first kappa shape index (κ1) is 13.9. The Morgan fingerprint density at radius 2 is 2.19 bits per heavy atom. The minimum Gasteiger partial charge on any atom is -0.394 e. The molecule has 1 saturated heterocycles. The molecule has 1 heterocycles. The van der Waals surface area contributed by atoms with E-state index >= 15 is 0 Å². The molecule has 1 unspecified atom stereocenters. The van der Waals surface area contributed by atoms with Crippen LogP contribution in [-0.2, 0) is 14.8 Å². The Morgan fingerprint density at radius 3 is 2.81 bits per heavy atom. The lowest BCUT2D eigenvalue weighted by molar-refractivity contribution is -0.0304. The van der Waals surface area contributed by atoms with Crippen LogP contribution >= 0.6 is 0 Å². The van der Waals surface area contributed by atoms with Crippen LogP contribution in [0.1, 0.15) is 12.8 Å². The largest absolute Gasteiger partial charge is 0.394 e. The van der Waals surface area contributed by atoms with Crippen molar-refractivity contribution < 1.29 is 18.3 Å². The summed E-state index contributed by atoms with van der Waals surface area (Å²) in [6, 6.07) is 0. The molecule has 0 aromatic heterocycles. The van der Waals surface area contributed by atoms with Gasteiger partial charge in [-0.3, -0.25) is 0 Å². The van der Waals surface area contributed by atoms with Gasteiger partial charge in [0.25, 0.3) is 0 Å². The van der Waals surface area contributed by atoms with Gasteiger partial charge in [0.2, 0.25) is 10.0 Å². The molecule has 1 rings (SSSR count). The lowest BCUT2D eigenvalue weighted by Crippen LogP contribution is -2.47. The van der Waals surface area contributed by atoms with Crippen LogP contribution in [0.4, 0.5) is 0 Å². The number of nitrogens with two attached hydrogens (primary N) is 1. The monoisotopic (exact) mass is 252 g/mol. The average molecular weight is 252 g/mol. The van der Waals surface area contributed by atoms with E-state index in [-0.39, 0.29) is 18.9 Å². The predicted molar refractivity (Wildman–Crippen MR) is 60.5 cm³/mol. The van der Waals surface area contributed by atoms with Crippen LogP contribution in [0.15, 0.2) is 0 Å². The maximum atomic E-state index is 11.9. The van der Waals surface area contributed by atoms with Gasteiger partial charge >= 0.3 is 0 Å². The van der Waals surface area contributed by atoms with Crippen LogP contribution in [0.2, 0.25) is 0 Å². The van der Waals surface area contributed by atoms with Crippen LogP contribution in [0.3, 0.4) is 0 Å². The predicted octanol–water partition coefficient (Wildman–Crippen LogP) is -1.25. The van der Waals surface area contributed by atoms with E-state index in [1.54, 1.807) is 0 Å². The molecule has 0 aromatic rings. The second-order valence-corrected chi connectivity index (χ2v) is 5.93. The maximum absolute atomic E-state index is 11.9. The first-order valence-corrected chi connectivity index (χ1v) is 7.11. The number of hydrogen-bond donors (Lipinski definition) is 2. The van der Waals surface area contributed by atoms with Crippen molar-refractivity contribution in [1.29, 1.82) is 0 Å². The molecule has 1 aliphatic heterocycles. The second kappa shape index (κ2) is 6.51. The molecule has 1 aliphatic rings. The minimum atomic E-state index is -3.21. The molecule has 0 amide bonds. The Kier molecular flexibility index (Phi) is 5.63. The Morgan fingerprint density at radius 1 is 1.44 bits per heavy atom. The third-order valence-corrected chi connectivity index (χ3v) is 4.48. The summed E-state index contributed by atoms with van der Waals surface area (Å²) in [4.78, 5) is 0. The van der Waals surface area contributed by atoms with E-state index in [0.29, 0.717) is 32.5 Å². The minimum absolute atomic E-state index is 0.127. The number of aliphatic hydroxyl groups is 1. The first-order valence-electron chi connectivity index (χ1n) is 5.50. The summed E-state index contributed by atoms with van der Waals surface area (Å²) in [7, 11) is -3.21. The van der Waals surface area contributed by atoms with E-state index in [9.17, 15) is 8.42 Å². The Hall–Kier alpha value is -0.210. The number of morpholine rings is 1. The molecule has 0 aliphatic carbocycles. The summed E-state index contributed by atoms with van der Waals surface area (Å²) in [6.07, 6.45) is 0.908. The standard InChI is InChI=1S/C9H20N2O4S/c10-3-1-2-6-16(13,14)11-4-5-15-9(7-11)8-12/h9,12H,1-8,10H2. The van der Waals surface area contributed by atoms with Gasteiger partial charge in [0.05, 0.1) is 25.1 Å². The smallest absolute Gasteiger partial charge is 0.214 e. The normalized spacial score (nSPS) is 23.5. The van der Waals surface area contributed by atoms with Gasteiger partial charge in [-0.15, -0.1) is 0 Å². The van der Waals surface area contributed by atoms with Crippen LogP contribution in [0.25, 0.3) is 0 Å². The van der Waals surface area contributed by atoms with E-state index < -0.39 is 16.1 Å². The number of hydrogen-bond acceptors (Lipinski definition) is 5. The van der Waals surface area contributed by atoms with Gasteiger partial charge in [0, 0.05) is 13.1 Å². The van der Waals surface area contributed by atoms with Crippen molar-refractivity contribution in [3.05, 3.63) is 0 Å². The summed E-state index contributed by atoms with van der Waals surface area (Å²) >= 11 is 0. The highest BCUT2D eigenvalue weighted by atomic mass is 32.2. The fraction of sp³-hybridized carbons (Fsp3) is 1.00. The molecule has 7 heteroatoms. The average Bonchev–Trinajstić information content (AvgIpc) is 2.29. The van der Waals surface area contributed by atoms with E-state index in [2.05, 4.69) is 0 Å². The fourth-order valence-electron chi connectivity index (χ4n) is 1.61. The number of unbranched alkanes of at least 4 members (excludes halogenated alkanes) is 1. The molecule has 96 valence electrons. The summed E-state index contributed by atoms with van der Waals surface area (Å²) in [6.45, 7) is 1.34. The number of rotatable bonds is 6. The Bertz CT molecular complexity index is 294. The summed E-state index contributed by atoms with van der Waals surface area (Å²) in [5.41, 5.74) is 5.32. The van der Waals surface area contributed by atoms with Gasteiger partial charge in [-0.1, -0.05) is 0 Å². The first-order chi connectivity index (χ1) is 7.60. The highest BCUT2D eigenvalue weighted by molar-refractivity contribution is 7.89. The van der Waals surface area contributed by atoms with Crippen LogP contribution < -0.4 is 5.73 Å². The number of sulfonamides is 1. The molecule has 0 aromatic carbocycles. The molecule has 3 N–H and O–H groups in total. The molecule has 0 radical (unpaired) electrons. The number of ether oxygens (including phenoxy) is 1. The number of aliphatic hydroxyl groups excluding tert-OH is 1. The van der Waals surface area contributed by atoms with Gasteiger partial charge in [-0.05, 0) is 19.4 Å². The second-order valence-electron chi connectivity index (χ2n) is 3.85. The zero-order valence-electron chi connectivity index (χ0n) is 9.34. The van der Waals surface area contributed by atoms with Crippen LogP contribution in [0, 0.1) is 0 Å². The molecule has 16 heavy (non-hydrogen) atoms. The van der Waals surface area contributed by atoms with E-state index in [1.165, 1.54) is 4.31 Å². The van der Waals surface area contributed by atoms with E-state index in [1.807, 2.05) is 0 Å². The third kappa shape index (κ3) is 3.99. The topological polar surface area (TPSA) is 92.9 Å². The lowest BCUT2D eigenvalue weighted by Gasteiger charge is -2.31. The summed E-state index contributed by atoms with van der Waals surface area (Å²) in [5, 5.41) is 8.93. The highest BCUT2D eigenvalue weighted by Crippen LogP contribution is 2.11. The number of nitrogens with zero attached hydrogens (tertiary/aromatic N) is 1. The quantitative estimate of drug-likeness (QED) is 0.576. The van der Waals surface area contributed by atoms with Crippen molar-refractivity contribution >= 4 is 10.0 Å². The molecule has 0 spiro atoms. The molecule has 0 saturated carbocycles. The van der Waals surface area contributed by atoms with Crippen LogP contribution in [0.5, 0.6) is 0 Å². The van der Waals surface area contributed by atoms with Crippen molar-refractivity contribution in [1.82, 2.24) is 4.31 Å². The molecular weight excluding hydrogens is 232 g/mol. The molecule has 0 bridgehead atoms.